The number of ketones is 1. The topological polar surface area (TPSA) is 95.5 Å². The molecule has 2 aromatic carbocycles. The third-order valence-corrected chi connectivity index (χ3v) is 3.83. The lowest BCUT2D eigenvalue weighted by atomic mass is 10.1. The van der Waals surface area contributed by atoms with E-state index in [1.165, 1.54) is 18.2 Å². The number of carboxylic acid groups (broad SMARTS) is 1. The molecule has 6 nitrogen and oxygen atoms in total. The number of nitrogens with one attached hydrogen (secondary N) is 2. The van der Waals surface area contributed by atoms with E-state index >= 15 is 0 Å². The molecule has 0 aliphatic heterocycles. The quantitative estimate of drug-likeness (QED) is 0.655. The van der Waals surface area contributed by atoms with E-state index in [0.717, 1.165) is 0 Å². The minimum Gasteiger partial charge on any atom is -0.478 e. The second kappa shape index (κ2) is 8.96. The molecule has 2 aromatic rings. The van der Waals surface area contributed by atoms with Gasteiger partial charge >= 0.3 is 5.97 Å². The highest BCUT2D eigenvalue weighted by Gasteiger charge is 2.12. The van der Waals surface area contributed by atoms with E-state index in [4.69, 9.17) is 16.7 Å². The van der Waals surface area contributed by atoms with Crippen LogP contribution in [0.1, 0.15) is 15.9 Å². The molecule has 0 aromatic heterocycles. The molecule has 0 saturated carbocycles. The smallest absolute Gasteiger partial charge is 0.337 e. The number of Topliss-reactive ketones (excluding diaryl/α,β-unsaturated/α-hetero) is 1. The summed E-state index contributed by atoms with van der Waals surface area (Å²) in [4.78, 5) is 34.3. The summed E-state index contributed by atoms with van der Waals surface area (Å²) in [6.07, 6.45) is -0.0952. The predicted octanol–water partition coefficient (Wildman–Crippen LogP) is 3.17. The van der Waals surface area contributed by atoms with Crippen molar-refractivity contribution in [3.63, 3.8) is 0 Å². The van der Waals surface area contributed by atoms with Crippen molar-refractivity contribution in [2.45, 2.75) is 6.42 Å². The lowest BCUT2D eigenvalue weighted by molar-refractivity contribution is -0.119. The molecular formula is C18H16ClFN2O4. The van der Waals surface area contributed by atoms with Crippen molar-refractivity contribution in [3.05, 3.63) is 58.6 Å². The summed E-state index contributed by atoms with van der Waals surface area (Å²) in [5, 5.41) is 14.7. The average molecular weight is 379 g/mol. The van der Waals surface area contributed by atoms with E-state index in [2.05, 4.69) is 10.6 Å². The van der Waals surface area contributed by atoms with E-state index in [-0.39, 0.29) is 29.2 Å². The molecular weight excluding hydrogens is 363 g/mol. The van der Waals surface area contributed by atoms with Crippen molar-refractivity contribution in [1.82, 2.24) is 0 Å². The number of hydrogen-bond donors (Lipinski definition) is 3. The fourth-order valence-electron chi connectivity index (χ4n) is 2.22. The zero-order chi connectivity index (χ0) is 19.1. The van der Waals surface area contributed by atoms with Gasteiger partial charge in [0, 0.05) is 17.1 Å². The number of hydrogen-bond acceptors (Lipinski definition) is 4. The Morgan fingerprint density at radius 1 is 1.12 bits per heavy atom. The van der Waals surface area contributed by atoms with Crippen molar-refractivity contribution in [3.8, 4) is 0 Å². The Morgan fingerprint density at radius 3 is 2.50 bits per heavy atom. The number of amides is 1. The minimum absolute atomic E-state index is 0.00854. The van der Waals surface area contributed by atoms with Crippen molar-refractivity contribution in [2.24, 2.45) is 0 Å². The molecule has 0 atom stereocenters. The molecule has 136 valence electrons. The third-order valence-electron chi connectivity index (χ3n) is 3.47. The Bertz CT molecular complexity index is 842. The van der Waals surface area contributed by atoms with Gasteiger partial charge < -0.3 is 15.7 Å². The van der Waals surface area contributed by atoms with Crippen LogP contribution in [0.2, 0.25) is 5.02 Å². The van der Waals surface area contributed by atoms with Gasteiger partial charge in [-0.3, -0.25) is 9.59 Å². The Kier molecular flexibility index (Phi) is 6.68. The van der Waals surface area contributed by atoms with Gasteiger partial charge in [-0.15, -0.1) is 0 Å². The largest absolute Gasteiger partial charge is 0.478 e. The molecule has 0 aliphatic carbocycles. The maximum Gasteiger partial charge on any atom is 0.337 e. The van der Waals surface area contributed by atoms with Crippen LogP contribution in [0.15, 0.2) is 42.5 Å². The number of benzene rings is 2. The van der Waals surface area contributed by atoms with E-state index in [1.807, 2.05) is 0 Å². The fourth-order valence-corrected chi connectivity index (χ4v) is 2.46. The van der Waals surface area contributed by atoms with Crippen molar-refractivity contribution >= 4 is 40.6 Å². The standard InChI is InChI=1S/C18H16ClFN2O4/c19-15-8-12(6-5-11(15)7-13(23)9-20)21-10-17(24)22-16-4-2-1-3-14(16)18(25)26/h1-6,8,21H,7,9-10H2,(H,22,24)(H,25,26). The molecule has 8 heteroatoms. The summed E-state index contributed by atoms with van der Waals surface area (Å²) in [5.41, 5.74) is 1.23. The number of carbonyl (C=O) groups excluding carboxylic acids is 2. The summed E-state index contributed by atoms with van der Waals surface area (Å²) in [5.74, 6) is -2.14. The highest BCUT2D eigenvalue weighted by molar-refractivity contribution is 6.31. The van der Waals surface area contributed by atoms with Crippen molar-refractivity contribution < 1.29 is 23.9 Å². The SMILES string of the molecule is O=C(CF)Cc1ccc(NCC(=O)Nc2ccccc2C(=O)O)cc1Cl. The highest BCUT2D eigenvalue weighted by atomic mass is 35.5. The van der Waals surface area contributed by atoms with Gasteiger partial charge in [0.2, 0.25) is 5.91 Å². The number of aromatic carboxylic acids is 1. The van der Waals surface area contributed by atoms with Gasteiger partial charge in [-0.05, 0) is 29.8 Å². The number of anilines is 2. The third kappa shape index (κ3) is 5.29. The first-order valence-electron chi connectivity index (χ1n) is 7.63. The Hall–Kier alpha value is -2.93. The number of carboxylic acids is 1. The minimum atomic E-state index is -1.14. The van der Waals surface area contributed by atoms with Gasteiger partial charge in [0.25, 0.3) is 0 Å². The molecule has 1 amide bonds. The first-order valence-corrected chi connectivity index (χ1v) is 8.00. The summed E-state index contributed by atoms with van der Waals surface area (Å²) in [6, 6.07) is 10.8. The number of rotatable bonds is 8. The van der Waals surface area contributed by atoms with E-state index in [0.29, 0.717) is 11.3 Å². The molecule has 0 spiro atoms. The lowest BCUT2D eigenvalue weighted by Gasteiger charge is -2.11. The molecule has 26 heavy (non-hydrogen) atoms. The van der Waals surface area contributed by atoms with Crippen LogP contribution in [-0.4, -0.2) is 36.0 Å². The summed E-state index contributed by atoms with van der Waals surface area (Å²) < 4.78 is 12.3. The summed E-state index contributed by atoms with van der Waals surface area (Å²) in [6.45, 7) is -1.17. The number of alkyl halides is 1. The first kappa shape index (κ1) is 19.4. The Morgan fingerprint density at radius 2 is 1.85 bits per heavy atom. The maximum absolute atomic E-state index is 12.3. The first-order chi connectivity index (χ1) is 12.4. The molecule has 0 saturated heterocycles. The molecule has 3 N–H and O–H groups in total. The second-order valence-electron chi connectivity index (χ2n) is 5.41. The monoisotopic (exact) mass is 378 g/mol. The van der Waals surface area contributed by atoms with Gasteiger partial charge in [-0.1, -0.05) is 29.8 Å². The molecule has 0 bridgehead atoms. The van der Waals surface area contributed by atoms with E-state index < -0.39 is 24.3 Å². The fraction of sp³-hybridized carbons (Fsp3) is 0.167. The normalized spacial score (nSPS) is 10.2. The Balaban J connectivity index is 1.96. The van der Waals surface area contributed by atoms with Gasteiger partial charge in [-0.2, -0.15) is 0 Å². The predicted molar refractivity (Wildman–Crippen MR) is 96.7 cm³/mol. The van der Waals surface area contributed by atoms with Gasteiger partial charge in [0.15, 0.2) is 5.78 Å². The van der Waals surface area contributed by atoms with Crippen molar-refractivity contribution in [1.29, 1.82) is 0 Å². The Labute approximate surface area is 154 Å². The average Bonchev–Trinajstić information content (AvgIpc) is 2.62. The zero-order valence-corrected chi connectivity index (χ0v) is 14.3. The van der Waals surface area contributed by atoms with Crippen LogP contribution >= 0.6 is 11.6 Å². The number of carbonyl (C=O) groups is 3. The molecule has 0 radical (unpaired) electrons. The summed E-state index contributed by atoms with van der Waals surface area (Å²) >= 11 is 6.05. The van der Waals surface area contributed by atoms with Crippen LogP contribution in [0.5, 0.6) is 0 Å². The molecule has 0 heterocycles. The maximum atomic E-state index is 12.3. The van der Waals surface area contributed by atoms with Crippen LogP contribution in [0.4, 0.5) is 15.8 Å². The van der Waals surface area contributed by atoms with Crippen molar-refractivity contribution in [2.75, 3.05) is 23.9 Å². The van der Waals surface area contributed by atoms with Crippen LogP contribution in [0, 0.1) is 0 Å². The zero-order valence-electron chi connectivity index (χ0n) is 13.6. The number of para-hydroxylation sites is 1. The van der Waals surface area contributed by atoms with Gasteiger partial charge in [-0.25, -0.2) is 9.18 Å². The lowest BCUT2D eigenvalue weighted by Crippen LogP contribution is -2.23. The highest BCUT2D eigenvalue weighted by Crippen LogP contribution is 2.22. The van der Waals surface area contributed by atoms with Crippen LogP contribution in [0.25, 0.3) is 0 Å². The molecule has 0 aliphatic rings. The van der Waals surface area contributed by atoms with Crippen LogP contribution in [-0.2, 0) is 16.0 Å². The van der Waals surface area contributed by atoms with Gasteiger partial charge in [0.1, 0.15) is 6.67 Å². The molecule has 0 fully saturated rings. The second-order valence-corrected chi connectivity index (χ2v) is 5.81. The molecule has 0 unspecified atom stereocenters. The molecule has 2 rings (SSSR count). The van der Waals surface area contributed by atoms with Crippen LogP contribution in [0.3, 0.4) is 0 Å². The number of halogens is 2. The van der Waals surface area contributed by atoms with E-state index in [1.54, 1.807) is 24.3 Å². The van der Waals surface area contributed by atoms with Gasteiger partial charge in [0.05, 0.1) is 17.8 Å². The summed E-state index contributed by atoms with van der Waals surface area (Å²) in [7, 11) is 0. The van der Waals surface area contributed by atoms with Crippen LogP contribution < -0.4 is 10.6 Å². The van der Waals surface area contributed by atoms with E-state index in [9.17, 15) is 18.8 Å².